The first kappa shape index (κ1) is 22.3. The number of benzene rings is 2. The third kappa shape index (κ3) is 5.69. The molecule has 168 valence electrons. The van der Waals surface area contributed by atoms with Gasteiger partial charge in [0.05, 0.1) is 5.69 Å². The van der Waals surface area contributed by atoms with E-state index in [9.17, 15) is 9.59 Å². The summed E-state index contributed by atoms with van der Waals surface area (Å²) in [5, 5.41) is 7.06. The first-order chi connectivity index (χ1) is 16.1. The second-order valence-electron chi connectivity index (χ2n) is 7.40. The Morgan fingerprint density at radius 3 is 2.61 bits per heavy atom. The lowest BCUT2D eigenvalue weighted by Crippen LogP contribution is -2.33. The molecule has 0 aliphatic heterocycles. The van der Waals surface area contributed by atoms with E-state index >= 15 is 0 Å². The molecule has 4 aromatic rings. The number of anilines is 1. The van der Waals surface area contributed by atoms with E-state index in [4.69, 9.17) is 0 Å². The molecule has 4 rings (SSSR count). The summed E-state index contributed by atoms with van der Waals surface area (Å²) in [7, 11) is 0. The molecule has 0 saturated heterocycles. The van der Waals surface area contributed by atoms with Gasteiger partial charge in [-0.15, -0.1) is 0 Å². The minimum atomic E-state index is -0.248. The van der Waals surface area contributed by atoms with E-state index in [2.05, 4.69) is 20.1 Å². The van der Waals surface area contributed by atoms with Crippen LogP contribution in [-0.2, 0) is 23.6 Å². The van der Waals surface area contributed by atoms with Gasteiger partial charge in [0.2, 0.25) is 5.91 Å². The summed E-state index contributed by atoms with van der Waals surface area (Å²) in [5.74, 6) is 0.475. The average molecular weight is 461 g/mol. The topological polar surface area (TPSA) is 93.8 Å². The number of carbonyl (C=O) groups is 1. The van der Waals surface area contributed by atoms with Crippen molar-refractivity contribution in [2.45, 2.75) is 25.8 Å². The number of para-hydroxylation sites is 1. The largest absolute Gasteiger partial charge is 0.350 e. The Morgan fingerprint density at radius 1 is 1.03 bits per heavy atom. The van der Waals surface area contributed by atoms with E-state index in [1.807, 2.05) is 67.6 Å². The lowest BCUT2D eigenvalue weighted by atomic mass is 10.2. The van der Waals surface area contributed by atoms with Crippen molar-refractivity contribution in [1.29, 1.82) is 0 Å². The first-order valence-corrected chi connectivity index (χ1v) is 11.4. The molecule has 0 spiro atoms. The van der Waals surface area contributed by atoms with Crippen molar-refractivity contribution < 1.29 is 4.79 Å². The maximum Gasteiger partial charge on any atom is 0.275 e. The summed E-state index contributed by atoms with van der Waals surface area (Å²) in [4.78, 5) is 29.6. The summed E-state index contributed by atoms with van der Waals surface area (Å²) in [6.07, 6.45) is 3.07. The minimum absolute atomic E-state index is 0.0605. The predicted octanol–water partition coefficient (Wildman–Crippen LogP) is 3.31. The molecule has 2 heterocycles. The van der Waals surface area contributed by atoms with E-state index < -0.39 is 0 Å². The summed E-state index contributed by atoms with van der Waals surface area (Å²) in [6, 6.07) is 21.2. The number of carbonyl (C=O) groups excluding carboxylic acids is 1. The van der Waals surface area contributed by atoms with Crippen LogP contribution in [-0.4, -0.2) is 25.2 Å². The zero-order chi connectivity index (χ0) is 23.0. The van der Waals surface area contributed by atoms with Crippen molar-refractivity contribution in [3.05, 3.63) is 107 Å². The molecule has 2 N–H and O–H groups in total. The number of hydrogen-bond acceptors (Lipinski definition) is 6. The summed E-state index contributed by atoms with van der Waals surface area (Å²) in [6.45, 7) is 2.07. The Balaban J connectivity index is 1.39. The summed E-state index contributed by atoms with van der Waals surface area (Å²) < 4.78 is 6.25. The smallest absolute Gasteiger partial charge is 0.275 e. The minimum Gasteiger partial charge on any atom is -0.350 e. The fourth-order valence-corrected chi connectivity index (χ4v) is 4.07. The molecule has 0 unspecified atom stereocenters. The van der Waals surface area contributed by atoms with Gasteiger partial charge >= 0.3 is 0 Å². The molecule has 2 aromatic carbocycles. The molecule has 0 radical (unpaired) electrons. The molecule has 0 fully saturated rings. The van der Waals surface area contributed by atoms with Gasteiger partial charge in [0.25, 0.3) is 5.56 Å². The van der Waals surface area contributed by atoms with Gasteiger partial charge in [0, 0.05) is 18.0 Å². The van der Waals surface area contributed by atoms with Crippen LogP contribution >= 0.6 is 11.9 Å². The standard InChI is InChI=1S/C24H24N6O2S/c1-18-11-12-21(28-33-15-19-7-3-2-4-8-19)24(32)29(18)14-23(31)26-13-20-9-5-6-10-22(20)30-17-25-16-27-30/h2-12,16-17,28H,13-15H2,1H3,(H,26,31). The zero-order valence-corrected chi connectivity index (χ0v) is 19.0. The molecule has 0 atom stereocenters. The Morgan fingerprint density at radius 2 is 1.82 bits per heavy atom. The zero-order valence-electron chi connectivity index (χ0n) is 18.1. The number of aromatic nitrogens is 4. The lowest BCUT2D eigenvalue weighted by molar-refractivity contribution is -0.121. The highest BCUT2D eigenvalue weighted by atomic mass is 32.2. The number of amides is 1. The van der Waals surface area contributed by atoms with Crippen molar-refractivity contribution in [3.63, 3.8) is 0 Å². The molecule has 0 aliphatic rings. The maximum atomic E-state index is 12.9. The second-order valence-corrected chi connectivity index (χ2v) is 8.18. The highest BCUT2D eigenvalue weighted by Gasteiger charge is 2.12. The fraction of sp³-hybridized carbons (Fsp3) is 0.167. The number of hydrogen-bond donors (Lipinski definition) is 2. The number of aryl methyl sites for hydroxylation is 1. The van der Waals surface area contributed by atoms with Gasteiger partial charge in [0.1, 0.15) is 24.9 Å². The summed E-state index contributed by atoms with van der Waals surface area (Å²) in [5.41, 5.74) is 3.84. The van der Waals surface area contributed by atoms with Gasteiger partial charge in [-0.3, -0.25) is 9.59 Å². The van der Waals surface area contributed by atoms with Crippen molar-refractivity contribution in [2.24, 2.45) is 0 Å². The van der Waals surface area contributed by atoms with E-state index in [1.165, 1.54) is 22.8 Å². The highest BCUT2D eigenvalue weighted by molar-refractivity contribution is 7.99. The maximum absolute atomic E-state index is 12.9. The third-order valence-corrected chi connectivity index (χ3v) is 5.93. The predicted molar refractivity (Wildman–Crippen MR) is 130 cm³/mol. The van der Waals surface area contributed by atoms with Crippen molar-refractivity contribution in [1.82, 2.24) is 24.6 Å². The third-order valence-electron chi connectivity index (χ3n) is 5.09. The van der Waals surface area contributed by atoms with Crippen LogP contribution in [0, 0.1) is 6.92 Å². The van der Waals surface area contributed by atoms with Gasteiger partial charge in [-0.2, -0.15) is 5.10 Å². The van der Waals surface area contributed by atoms with Gasteiger partial charge in [0.15, 0.2) is 0 Å². The van der Waals surface area contributed by atoms with Crippen LogP contribution in [0.5, 0.6) is 0 Å². The molecular weight excluding hydrogens is 436 g/mol. The highest BCUT2D eigenvalue weighted by Crippen LogP contribution is 2.15. The molecular formula is C24H24N6O2S. The van der Waals surface area contributed by atoms with Gasteiger partial charge < -0.3 is 14.6 Å². The van der Waals surface area contributed by atoms with Gasteiger partial charge in [-0.05, 0) is 48.2 Å². The quantitative estimate of drug-likeness (QED) is 0.372. The van der Waals surface area contributed by atoms with Crippen LogP contribution < -0.4 is 15.6 Å². The van der Waals surface area contributed by atoms with Crippen LogP contribution in [0.3, 0.4) is 0 Å². The van der Waals surface area contributed by atoms with E-state index in [0.29, 0.717) is 12.2 Å². The lowest BCUT2D eigenvalue weighted by Gasteiger charge is -2.14. The van der Waals surface area contributed by atoms with Crippen LogP contribution in [0.2, 0.25) is 0 Å². The number of nitrogens with zero attached hydrogens (tertiary/aromatic N) is 4. The SMILES string of the molecule is Cc1ccc(NSCc2ccccc2)c(=O)n1CC(=O)NCc1ccccc1-n1cncn1. The van der Waals surface area contributed by atoms with Crippen molar-refractivity contribution in [2.75, 3.05) is 4.72 Å². The normalized spacial score (nSPS) is 10.7. The summed E-state index contributed by atoms with van der Waals surface area (Å²) >= 11 is 1.44. The van der Waals surface area contributed by atoms with Crippen LogP contribution in [0.15, 0.2) is 84.2 Å². The Labute approximate surface area is 195 Å². The van der Waals surface area contributed by atoms with Crippen molar-refractivity contribution >= 4 is 23.5 Å². The van der Waals surface area contributed by atoms with E-state index in [1.54, 1.807) is 17.1 Å². The van der Waals surface area contributed by atoms with E-state index in [-0.39, 0.29) is 18.0 Å². The fourth-order valence-electron chi connectivity index (χ4n) is 3.33. The molecule has 1 amide bonds. The molecule has 0 saturated carbocycles. The Kier molecular flexibility index (Phi) is 7.21. The van der Waals surface area contributed by atoms with Crippen LogP contribution in [0.1, 0.15) is 16.8 Å². The number of rotatable bonds is 9. The average Bonchev–Trinajstić information content (AvgIpc) is 3.38. The molecule has 0 aliphatic carbocycles. The van der Waals surface area contributed by atoms with Gasteiger partial charge in [-0.1, -0.05) is 48.5 Å². The molecule has 8 nitrogen and oxygen atoms in total. The van der Waals surface area contributed by atoms with Crippen LogP contribution in [0.4, 0.5) is 5.69 Å². The van der Waals surface area contributed by atoms with Crippen LogP contribution in [0.25, 0.3) is 5.69 Å². The molecule has 2 aromatic heterocycles. The molecule has 33 heavy (non-hydrogen) atoms. The second kappa shape index (κ2) is 10.6. The monoisotopic (exact) mass is 460 g/mol. The van der Waals surface area contributed by atoms with Crippen molar-refractivity contribution in [3.8, 4) is 5.69 Å². The first-order valence-electron chi connectivity index (χ1n) is 10.4. The number of nitrogens with one attached hydrogen (secondary N) is 2. The molecule has 9 heteroatoms. The van der Waals surface area contributed by atoms with Gasteiger partial charge in [-0.25, -0.2) is 9.67 Å². The number of pyridine rings is 1. The Hall–Kier alpha value is -3.85. The Bertz CT molecular complexity index is 1270. The van der Waals surface area contributed by atoms with E-state index in [0.717, 1.165) is 28.3 Å². The molecule has 0 bridgehead atoms.